The molecule has 3 heterocycles. The van der Waals surface area contributed by atoms with Gasteiger partial charge in [-0.25, -0.2) is 14.5 Å². The molecule has 4 rings (SSSR count). The maximum absolute atomic E-state index is 12.8. The maximum atomic E-state index is 12.8. The molecule has 1 fully saturated rings. The molecule has 0 saturated carbocycles. The fraction of sp³-hybridized carbons (Fsp3) is 0.286. The molecule has 12 heteroatoms. The third-order valence-electron chi connectivity index (χ3n) is 5.09. The van der Waals surface area contributed by atoms with Gasteiger partial charge in [0.15, 0.2) is 0 Å². The number of amides is 2. The van der Waals surface area contributed by atoms with E-state index in [1.165, 1.54) is 29.2 Å². The molecule has 2 amide bonds. The Labute approximate surface area is 192 Å². The number of hydrogen-bond acceptors (Lipinski definition) is 5. The number of anilines is 3. The van der Waals surface area contributed by atoms with E-state index in [-0.39, 0.29) is 0 Å². The predicted molar refractivity (Wildman–Crippen MR) is 118 cm³/mol. The lowest BCUT2D eigenvalue weighted by Crippen LogP contribution is -2.37. The van der Waals surface area contributed by atoms with Gasteiger partial charge in [-0.3, -0.25) is 0 Å². The van der Waals surface area contributed by atoms with Crippen LogP contribution in [0.2, 0.25) is 5.02 Å². The molecule has 1 aliphatic heterocycles. The van der Waals surface area contributed by atoms with Crippen LogP contribution in [-0.4, -0.2) is 47.1 Å². The lowest BCUT2D eigenvalue weighted by atomic mass is 10.2. The zero-order chi connectivity index (χ0) is 23.6. The van der Waals surface area contributed by atoms with Gasteiger partial charge in [0.05, 0.1) is 58.9 Å². The van der Waals surface area contributed by atoms with Crippen LogP contribution in [0.15, 0.2) is 42.7 Å². The molecule has 0 bridgehead atoms. The first kappa shape index (κ1) is 22.9. The third-order valence-corrected chi connectivity index (χ3v) is 5.37. The van der Waals surface area contributed by atoms with Gasteiger partial charge in [0, 0.05) is 13.1 Å². The summed E-state index contributed by atoms with van der Waals surface area (Å²) in [6.07, 6.45) is -1.49. The van der Waals surface area contributed by atoms with E-state index in [2.05, 4.69) is 20.7 Å². The summed E-state index contributed by atoms with van der Waals surface area (Å²) in [5.74, 6) is 0.625. The largest absolute Gasteiger partial charge is 0.416 e. The average molecular weight is 481 g/mol. The zero-order valence-electron chi connectivity index (χ0n) is 17.5. The molecular formula is C21H20ClF3N6O2. The number of pyridine rings is 1. The molecule has 1 aromatic carbocycles. The number of nitrogens with zero attached hydrogens (tertiary/aromatic N) is 4. The van der Waals surface area contributed by atoms with E-state index in [1.807, 2.05) is 4.90 Å². The van der Waals surface area contributed by atoms with Crippen LogP contribution in [0.4, 0.5) is 35.2 Å². The Morgan fingerprint density at radius 2 is 1.82 bits per heavy atom. The standard InChI is InChI=1S/C21H20ClF3N6O2/c1-13-18(12-27-31(13)16-4-2-14(3-5-16)21(23,24)25)29-20(32)28-15-10-17(22)19(26-11-15)30-6-8-33-9-7-30/h2-5,10-12H,6-9H2,1H3,(H2,28,29,32). The number of hydrogen-bond donors (Lipinski definition) is 2. The number of carbonyl (C=O) groups is 1. The highest BCUT2D eigenvalue weighted by Gasteiger charge is 2.30. The normalized spacial score (nSPS) is 14.3. The number of aromatic nitrogens is 3. The van der Waals surface area contributed by atoms with E-state index in [1.54, 1.807) is 13.0 Å². The monoisotopic (exact) mass is 480 g/mol. The van der Waals surface area contributed by atoms with Crippen LogP contribution in [0.1, 0.15) is 11.3 Å². The molecule has 0 unspecified atom stereocenters. The number of carbonyl (C=O) groups excluding carboxylic acids is 1. The Hall–Kier alpha value is -3.31. The van der Waals surface area contributed by atoms with Gasteiger partial charge < -0.3 is 20.3 Å². The second kappa shape index (κ2) is 9.28. The summed E-state index contributed by atoms with van der Waals surface area (Å²) >= 11 is 6.34. The molecule has 0 atom stereocenters. The Morgan fingerprint density at radius 3 is 2.45 bits per heavy atom. The van der Waals surface area contributed by atoms with Gasteiger partial charge in [0.25, 0.3) is 0 Å². The van der Waals surface area contributed by atoms with Crippen molar-refractivity contribution >= 4 is 34.8 Å². The van der Waals surface area contributed by atoms with Crippen molar-refractivity contribution in [3.63, 3.8) is 0 Å². The molecule has 3 aromatic rings. The first-order valence-corrected chi connectivity index (χ1v) is 10.4. The van der Waals surface area contributed by atoms with Gasteiger partial charge in [0.1, 0.15) is 5.82 Å². The van der Waals surface area contributed by atoms with Crippen LogP contribution in [-0.2, 0) is 10.9 Å². The van der Waals surface area contributed by atoms with Gasteiger partial charge >= 0.3 is 12.2 Å². The van der Waals surface area contributed by atoms with Crippen molar-refractivity contribution in [2.75, 3.05) is 41.8 Å². The number of halogens is 4. The summed E-state index contributed by atoms with van der Waals surface area (Å²) in [6, 6.07) is 5.66. The van der Waals surface area contributed by atoms with Crippen molar-refractivity contribution in [2.24, 2.45) is 0 Å². The van der Waals surface area contributed by atoms with E-state index in [0.717, 1.165) is 12.1 Å². The van der Waals surface area contributed by atoms with E-state index in [0.29, 0.717) is 59.9 Å². The summed E-state index contributed by atoms with van der Waals surface area (Å²) in [5.41, 5.74) is 1.03. The summed E-state index contributed by atoms with van der Waals surface area (Å²) in [4.78, 5) is 18.8. The maximum Gasteiger partial charge on any atom is 0.416 e. The highest BCUT2D eigenvalue weighted by molar-refractivity contribution is 6.33. The number of morpholine rings is 1. The molecule has 0 spiro atoms. The molecule has 2 aromatic heterocycles. The molecule has 8 nitrogen and oxygen atoms in total. The van der Waals surface area contributed by atoms with Crippen molar-refractivity contribution in [1.82, 2.24) is 14.8 Å². The van der Waals surface area contributed by atoms with E-state index in [9.17, 15) is 18.0 Å². The van der Waals surface area contributed by atoms with Crippen LogP contribution in [0.25, 0.3) is 5.69 Å². The van der Waals surface area contributed by atoms with Crippen molar-refractivity contribution < 1.29 is 22.7 Å². The Balaban J connectivity index is 1.42. The summed E-state index contributed by atoms with van der Waals surface area (Å²) in [6.45, 7) is 4.25. The number of rotatable bonds is 4. The topological polar surface area (TPSA) is 84.3 Å². The predicted octanol–water partition coefficient (Wildman–Crippen LogP) is 4.73. The SMILES string of the molecule is Cc1c(NC(=O)Nc2cnc(N3CCOCC3)c(Cl)c2)cnn1-c1ccc(C(F)(F)F)cc1. The second-order valence-corrected chi connectivity index (χ2v) is 7.72. The van der Waals surface area contributed by atoms with Gasteiger partial charge in [-0.2, -0.15) is 18.3 Å². The van der Waals surface area contributed by atoms with Gasteiger partial charge in [-0.05, 0) is 37.3 Å². The minimum absolute atomic E-state index is 0.399. The number of ether oxygens (including phenoxy) is 1. The van der Waals surface area contributed by atoms with Gasteiger partial charge in [-0.1, -0.05) is 11.6 Å². The third kappa shape index (κ3) is 5.20. The Bertz CT molecular complexity index is 1140. The molecule has 174 valence electrons. The van der Waals surface area contributed by atoms with E-state index < -0.39 is 17.8 Å². The number of benzene rings is 1. The smallest absolute Gasteiger partial charge is 0.378 e. The Kier molecular flexibility index (Phi) is 6.43. The number of nitrogens with one attached hydrogen (secondary N) is 2. The van der Waals surface area contributed by atoms with E-state index >= 15 is 0 Å². The molecule has 0 radical (unpaired) electrons. The molecule has 0 aliphatic carbocycles. The van der Waals surface area contributed by atoms with Crippen LogP contribution in [0.3, 0.4) is 0 Å². The van der Waals surface area contributed by atoms with Crippen molar-refractivity contribution in [3.8, 4) is 5.69 Å². The highest BCUT2D eigenvalue weighted by atomic mass is 35.5. The van der Waals surface area contributed by atoms with Crippen molar-refractivity contribution in [1.29, 1.82) is 0 Å². The molecule has 33 heavy (non-hydrogen) atoms. The summed E-state index contributed by atoms with van der Waals surface area (Å²) in [5, 5.41) is 9.89. The lowest BCUT2D eigenvalue weighted by Gasteiger charge is -2.28. The highest BCUT2D eigenvalue weighted by Crippen LogP contribution is 2.30. The molecular weight excluding hydrogens is 461 g/mol. The zero-order valence-corrected chi connectivity index (χ0v) is 18.2. The van der Waals surface area contributed by atoms with Crippen LogP contribution >= 0.6 is 11.6 Å². The Morgan fingerprint density at radius 1 is 1.12 bits per heavy atom. The van der Waals surface area contributed by atoms with Gasteiger partial charge in [-0.15, -0.1) is 0 Å². The minimum atomic E-state index is -4.42. The first-order chi connectivity index (χ1) is 15.7. The van der Waals surface area contributed by atoms with Gasteiger partial charge in [0.2, 0.25) is 0 Å². The van der Waals surface area contributed by atoms with Crippen LogP contribution in [0, 0.1) is 6.92 Å². The molecule has 1 saturated heterocycles. The molecule has 1 aliphatic rings. The quantitative estimate of drug-likeness (QED) is 0.564. The fourth-order valence-corrected chi connectivity index (χ4v) is 3.66. The minimum Gasteiger partial charge on any atom is -0.378 e. The lowest BCUT2D eigenvalue weighted by molar-refractivity contribution is -0.137. The summed E-state index contributed by atoms with van der Waals surface area (Å²) in [7, 11) is 0. The van der Waals surface area contributed by atoms with Crippen molar-refractivity contribution in [2.45, 2.75) is 13.1 Å². The van der Waals surface area contributed by atoms with Crippen LogP contribution < -0.4 is 15.5 Å². The molecule has 2 N–H and O–H groups in total. The second-order valence-electron chi connectivity index (χ2n) is 7.31. The average Bonchev–Trinajstić information content (AvgIpc) is 3.14. The van der Waals surface area contributed by atoms with Crippen molar-refractivity contribution in [3.05, 3.63) is 59.0 Å². The summed E-state index contributed by atoms with van der Waals surface area (Å²) < 4.78 is 45.1. The first-order valence-electron chi connectivity index (χ1n) is 10.0. The fourth-order valence-electron chi connectivity index (χ4n) is 3.38. The van der Waals surface area contributed by atoms with E-state index in [4.69, 9.17) is 16.3 Å². The van der Waals surface area contributed by atoms with Crippen LogP contribution in [0.5, 0.6) is 0 Å². The number of urea groups is 1. The number of alkyl halides is 3.